The number of hydrogen-bond acceptors (Lipinski definition) is 4. The van der Waals surface area contributed by atoms with Crippen LogP contribution in [0.4, 0.5) is 0 Å². The Morgan fingerprint density at radius 3 is 3.00 bits per heavy atom. The Hall–Kier alpha value is -1.15. The molecule has 1 aliphatic rings. The van der Waals surface area contributed by atoms with Gasteiger partial charge in [-0.2, -0.15) is 4.31 Å². The van der Waals surface area contributed by atoms with Crippen LogP contribution in [0.3, 0.4) is 0 Å². The maximum absolute atomic E-state index is 12.8. The van der Waals surface area contributed by atoms with E-state index in [1.807, 2.05) is 6.92 Å². The smallest absolute Gasteiger partial charge is 0.262 e. The summed E-state index contributed by atoms with van der Waals surface area (Å²) in [6.45, 7) is 2.90. The molecule has 0 aliphatic carbocycles. The standard InChI is InChI=1S/C12H14ClN3O3S/c1-9-8-19-7-6-16(9)20(17,18)12-11(13)14-10-4-2-3-5-15(10)12/h2-5,9H,6-8H2,1H3/t9-/m1/s1. The lowest BCUT2D eigenvalue weighted by molar-refractivity contribution is 0.0391. The van der Waals surface area contributed by atoms with Gasteiger partial charge in [0.2, 0.25) is 0 Å². The highest BCUT2D eigenvalue weighted by Crippen LogP contribution is 2.27. The summed E-state index contributed by atoms with van der Waals surface area (Å²) in [7, 11) is -3.70. The molecule has 0 unspecified atom stereocenters. The van der Waals surface area contributed by atoms with Crippen LogP contribution in [0.1, 0.15) is 6.92 Å². The molecule has 20 heavy (non-hydrogen) atoms. The highest BCUT2D eigenvalue weighted by atomic mass is 35.5. The molecule has 0 N–H and O–H groups in total. The lowest BCUT2D eigenvalue weighted by Crippen LogP contribution is -2.47. The van der Waals surface area contributed by atoms with E-state index in [0.717, 1.165) is 0 Å². The molecule has 108 valence electrons. The fourth-order valence-electron chi connectivity index (χ4n) is 2.36. The predicted octanol–water partition coefficient (Wildman–Crippen LogP) is 1.40. The molecule has 0 amide bonds. The zero-order valence-corrected chi connectivity index (χ0v) is 12.4. The van der Waals surface area contributed by atoms with Gasteiger partial charge in [0.05, 0.1) is 13.2 Å². The molecule has 0 aromatic carbocycles. The number of sulfonamides is 1. The number of nitrogens with zero attached hydrogens (tertiary/aromatic N) is 3. The fraction of sp³-hybridized carbons (Fsp3) is 0.417. The van der Waals surface area contributed by atoms with E-state index in [-0.39, 0.29) is 16.2 Å². The van der Waals surface area contributed by atoms with E-state index in [0.29, 0.717) is 25.4 Å². The first-order chi connectivity index (χ1) is 9.51. The van der Waals surface area contributed by atoms with Crippen molar-refractivity contribution in [1.29, 1.82) is 0 Å². The Kier molecular flexibility index (Phi) is 3.45. The van der Waals surface area contributed by atoms with Gasteiger partial charge in [-0.25, -0.2) is 13.4 Å². The van der Waals surface area contributed by atoms with Crippen molar-refractivity contribution in [2.45, 2.75) is 18.0 Å². The third kappa shape index (κ3) is 2.10. The average Bonchev–Trinajstić information content (AvgIpc) is 2.75. The molecule has 6 nitrogen and oxygen atoms in total. The Bertz CT molecular complexity index is 743. The third-order valence-electron chi connectivity index (χ3n) is 3.31. The first-order valence-corrected chi connectivity index (χ1v) is 8.06. The van der Waals surface area contributed by atoms with Gasteiger partial charge in [0.25, 0.3) is 10.0 Å². The maximum atomic E-state index is 12.8. The SMILES string of the molecule is C[C@@H]1COCCN1S(=O)(=O)c1c(Cl)nc2ccccn12. The van der Waals surface area contributed by atoms with Gasteiger partial charge in [0.15, 0.2) is 10.2 Å². The molecule has 1 saturated heterocycles. The van der Waals surface area contributed by atoms with Gasteiger partial charge in [-0.3, -0.25) is 4.40 Å². The maximum Gasteiger partial charge on any atom is 0.262 e. The molecule has 2 aromatic rings. The molecule has 1 atom stereocenters. The molecule has 0 spiro atoms. The highest BCUT2D eigenvalue weighted by molar-refractivity contribution is 7.89. The predicted molar refractivity (Wildman–Crippen MR) is 74.4 cm³/mol. The molecule has 0 saturated carbocycles. The van der Waals surface area contributed by atoms with Gasteiger partial charge in [-0.1, -0.05) is 17.7 Å². The Labute approximate surface area is 122 Å². The lowest BCUT2D eigenvalue weighted by atomic mass is 10.3. The van der Waals surface area contributed by atoms with Crippen LogP contribution >= 0.6 is 11.6 Å². The van der Waals surface area contributed by atoms with Crippen molar-refractivity contribution in [1.82, 2.24) is 13.7 Å². The highest BCUT2D eigenvalue weighted by Gasteiger charge is 2.35. The molecule has 0 radical (unpaired) electrons. The van der Waals surface area contributed by atoms with Crippen molar-refractivity contribution >= 4 is 27.3 Å². The van der Waals surface area contributed by atoms with Crippen molar-refractivity contribution in [3.05, 3.63) is 29.5 Å². The van der Waals surface area contributed by atoms with Crippen LogP contribution in [-0.2, 0) is 14.8 Å². The number of hydrogen-bond donors (Lipinski definition) is 0. The van der Waals surface area contributed by atoms with E-state index in [2.05, 4.69) is 4.98 Å². The number of aromatic nitrogens is 2. The van der Waals surface area contributed by atoms with Crippen LogP contribution in [0.25, 0.3) is 5.65 Å². The molecule has 1 aliphatic heterocycles. The molecule has 0 bridgehead atoms. The largest absolute Gasteiger partial charge is 0.378 e. The van der Waals surface area contributed by atoms with Gasteiger partial charge in [-0.15, -0.1) is 0 Å². The second-order valence-electron chi connectivity index (χ2n) is 4.68. The summed E-state index contributed by atoms with van der Waals surface area (Å²) < 4.78 is 33.8. The molecule has 2 aromatic heterocycles. The molecule has 8 heteroatoms. The summed E-state index contributed by atoms with van der Waals surface area (Å²) in [5.41, 5.74) is 0.511. The number of fused-ring (bicyclic) bond motifs is 1. The average molecular weight is 316 g/mol. The molecule has 3 heterocycles. The Morgan fingerprint density at radius 2 is 2.25 bits per heavy atom. The van der Waals surface area contributed by atoms with E-state index in [1.54, 1.807) is 24.4 Å². The van der Waals surface area contributed by atoms with Crippen LogP contribution in [0.15, 0.2) is 29.4 Å². The molecule has 3 rings (SSSR count). The van der Waals surface area contributed by atoms with E-state index >= 15 is 0 Å². The summed E-state index contributed by atoms with van der Waals surface area (Å²) in [6, 6.07) is 5.02. The van der Waals surface area contributed by atoms with Crippen molar-refractivity contribution in [3.63, 3.8) is 0 Å². The topological polar surface area (TPSA) is 63.9 Å². The minimum atomic E-state index is -3.70. The van der Waals surface area contributed by atoms with E-state index in [1.165, 1.54) is 8.71 Å². The summed E-state index contributed by atoms with van der Waals surface area (Å²) in [6.07, 6.45) is 1.65. The number of rotatable bonds is 2. The van der Waals surface area contributed by atoms with Crippen LogP contribution in [0, 0.1) is 0 Å². The second kappa shape index (κ2) is 5.00. The zero-order chi connectivity index (χ0) is 14.3. The van der Waals surface area contributed by atoms with E-state index in [4.69, 9.17) is 16.3 Å². The fourth-order valence-corrected chi connectivity index (χ4v) is 4.56. The number of morpholine rings is 1. The van der Waals surface area contributed by atoms with Crippen LogP contribution in [-0.4, -0.2) is 47.9 Å². The quantitative estimate of drug-likeness (QED) is 0.840. The van der Waals surface area contributed by atoms with Gasteiger partial charge >= 0.3 is 0 Å². The normalized spacial score (nSPS) is 21.4. The number of imidazole rings is 1. The molecule has 1 fully saturated rings. The van der Waals surface area contributed by atoms with Crippen molar-refractivity contribution in [2.75, 3.05) is 19.8 Å². The van der Waals surface area contributed by atoms with Crippen LogP contribution in [0.2, 0.25) is 5.15 Å². The summed E-state index contributed by atoms with van der Waals surface area (Å²) in [5, 5.41) is 0.0124. The zero-order valence-electron chi connectivity index (χ0n) is 10.9. The second-order valence-corrected chi connectivity index (χ2v) is 6.84. The Morgan fingerprint density at radius 1 is 1.45 bits per heavy atom. The minimum Gasteiger partial charge on any atom is -0.378 e. The summed E-state index contributed by atoms with van der Waals surface area (Å²) in [5.74, 6) is 0. The minimum absolute atomic E-state index is 0.00473. The first-order valence-electron chi connectivity index (χ1n) is 6.24. The number of ether oxygens (including phenoxy) is 1. The summed E-state index contributed by atoms with van der Waals surface area (Å²) >= 11 is 6.05. The van der Waals surface area contributed by atoms with Crippen molar-refractivity contribution in [3.8, 4) is 0 Å². The van der Waals surface area contributed by atoms with Gasteiger partial charge in [0, 0.05) is 18.8 Å². The lowest BCUT2D eigenvalue weighted by Gasteiger charge is -2.31. The summed E-state index contributed by atoms with van der Waals surface area (Å²) in [4.78, 5) is 4.09. The third-order valence-corrected chi connectivity index (χ3v) is 5.72. The van der Waals surface area contributed by atoms with Gasteiger partial charge < -0.3 is 4.74 Å². The van der Waals surface area contributed by atoms with Gasteiger partial charge in [0.1, 0.15) is 5.65 Å². The van der Waals surface area contributed by atoms with Crippen LogP contribution < -0.4 is 0 Å². The van der Waals surface area contributed by atoms with E-state index in [9.17, 15) is 8.42 Å². The number of halogens is 1. The monoisotopic (exact) mass is 315 g/mol. The van der Waals surface area contributed by atoms with Crippen LogP contribution in [0.5, 0.6) is 0 Å². The molecular weight excluding hydrogens is 302 g/mol. The first kappa shape index (κ1) is 13.8. The number of pyridine rings is 1. The van der Waals surface area contributed by atoms with E-state index < -0.39 is 10.0 Å². The molecular formula is C12H14ClN3O3S. The van der Waals surface area contributed by atoms with Gasteiger partial charge in [-0.05, 0) is 19.1 Å². The van der Waals surface area contributed by atoms with Crippen molar-refractivity contribution in [2.24, 2.45) is 0 Å². The van der Waals surface area contributed by atoms with Crippen molar-refractivity contribution < 1.29 is 13.2 Å². The Balaban J connectivity index is 2.16.